The summed E-state index contributed by atoms with van der Waals surface area (Å²) >= 11 is 0. The molecule has 2 aromatic carbocycles. The molecule has 1 aromatic heterocycles. The zero-order valence-corrected chi connectivity index (χ0v) is 15.8. The highest BCUT2D eigenvalue weighted by Crippen LogP contribution is 2.32. The maximum atomic E-state index is 13.3. The number of nitrogens with one attached hydrogen (secondary N) is 2. The van der Waals surface area contributed by atoms with Crippen LogP contribution in [0.3, 0.4) is 0 Å². The molecule has 0 atom stereocenters. The summed E-state index contributed by atoms with van der Waals surface area (Å²) in [6.07, 6.45) is 1.49. The lowest BCUT2D eigenvalue weighted by molar-refractivity contribution is 0.628. The van der Waals surface area contributed by atoms with Crippen LogP contribution >= 0.6 is 0 Å². The van der Waals surface area contributed by atoms with Gasteiger partial charge in [-0.2, -0.15) is 0 Å². The van der Waals surface area contributed by atoms with Crippen molar-refractivity contribution in [2.24, 2.45) is 0 Å². The summed E-state index contributed by atoms with van der Waals surface area (Å²) in [4.78, 5) is 9.40. The average Bonchev–Trinajstić information content (AvgIpc) is 2.68. The van der Waals surface area contributed by atoms with Gasteiger partial charge in [-0.15, -0.1) is 0 Å². The van der Waals surface area contributed by atoms with E-state index in [1.165, 1.54) is 12.1 Å². The predicted molar refractivity (Wildman–Crippen MR) is 109 cm³/mol. The maximum absolute atomic E-state index is 13.3. The van der Waals surface area contributed by atoms with Crippen molar-refractivity contribution in [2.75, 3.05) is 12.4 Å². The van der Waals surface area contributed by atoms with Crippen molar-refractivity contribution in [2.45, 2.75) is 26.7 Å². The summed E-state index contributed by atoms with van der Waals surface area (Å²) in [5.41, 5.74) is 5.35. The molecule has 0 aliphatic rings. The Bertz CT molecular complexity index is 947. The van der Waals surface area contributed by atoms with Crippen LogP contribution in [0.25, 0.3) is 22.6 Å². The van der Waals surface area contributed by atoms with Crippen molar-refractivity contribution >= 4 is 11.4 Å². The third kappa shape index (κ3) is 4.03. The molecule has 0 fully saturated rings. The minimum Gasteiger partial charge on any atom is -0.385 e. The molecule has 0 saturated carbocycles. The highest BCUT2D eigenvalue weighted by atomic mass is 19.1. The molecule has 2 N–H and O–H groups in total. The van der Waals surface area contributed by atoms with Crippen LogP contribution in [0.2, 0.25) is 0 Å². The van der Waals surface area contributed by atoms with Gasteiger partial charge in [0.15, 0.2) is 5.82 Å². The quantitative estimate of drug-likeness (QED) is 0.572. The Balaban J connectivity index is 2.24. The fourth-order valence-electron chi connectivity index (χ4n) is 2.93. The van der Waals surface area contributed by atoms with Gasteiger partial charge in [-0.3, -0.25) is 0 Å². The third-order valence-electron chi connectivity index (χ3n) is 4.37. The van der Waals surface area contributed by atoms with Gasteiger partial charge in [0.25, 0.3) is 0 Å². The SMILES string of the molecule is CCCC(=N)c1nc(-c2ccc(F)cc2)nc(-c2ccc(C)cc2)c1NC. The van der Waals surface area contributed by atoms with E-state index < -0.39 is 0 Å². The van der Waals surface area contributed by atoms with E-state index in [4.69, 9.17) is 10.4 Å². The normalized spacial score (nSPS) is 10.7. The molecule has 0 bridgehead atoms. The number of benzene rings is 2. The Morgan fingerprint density at radius 1 is 1.00 bits per heavy atom. The standard InChI is InChI=1S/C22H23FN4/c1-4-5-18(24)20-21(25-3)19(15-8-6-14(2)7-9-15)26-22(27-20)16-10-12-17(23)13-11-16/h6-13,24-25H,4-5H2,1-3H3. The molecule has 3 aromatic rings. The molecule has 0 aliphatic heterocycles. The summed E-state index contributed by atoms with van der Waals surface area (Å²) in [6.45, 7) is 4.07. The first-order valence-corrected chi connectivity index (χ1v) is 9.04. The molecule has 138 valence electrons. The second-order valence-corrected chi connectivity index (χ2v) is 6.47. The summed E-state index contributed by atoms with van der Waals surface area (Å²) in [7, 11) is 1.82. The van der Waals surface area contributed by atoms with E-state index in [2.05, 4.69) is 10.3 Å². The summed E-state index contributed by atoms with van der Waals surface area (Å²) in [6, 6.07) is 14.2. The molecular formula is C22H23FN4. The topological polar surface area (TPSA) is 61.7 Å². The average molecular weight is 362 g/mol. The molecule has 0 radical (unpaired) electrons. The number of rotatable bonds is 6. The van der Waals surface area contributed by atoms with Crippen molar-refractivity contribution in [3.63, 3.8) is 0 Å². The van der Waals surface area contributed by atoms with Gasteiger partial charge in [0.1, 0.15) is 11.5 Å². The van der Waals surface area contributed by atoms with Gasteiger partial charge >= 0.3 is 0 Å². The van der Waals surface area contributed by atoms with Crippen molar-refractivity contribution in [3.8, 4) is 22.6 Å². The molecule has 3 rings (SSSR count). The first kappa shape index (κ1) is 18.7. The Kier molecular flexibility index (Phi) is 5.60. The first-order chi connectivity index (χ1) is 13.0. The molecule has 1 heterocycles. The molecule has 0 saturated heterocycles. The molecular weight excluding hydrogens is 339 g/mol. The van der Waals surface area contributed by atoms with Crippen molar-refractivity contribution in [1.82, 2.24) is 9.97 Å². The number of aryl methyl sites for hydroxylation is 1. The number of nitrogens with zero attached hydrogens (tertiary/aromatic N) is 2. The van der Waals surface area contributed by atoms with Crippen LogP contribution in [0.4, 0.5) is 10.1 Å². The highest BCUT2D eigenvalue weighted by molar-refractivity contribution is 6.04. The molecule has 27 heavy (non-hydrogen) atoms. The fraction of sp³-hybridized carbons (Fsp3) is 0.227. The largest absolute Gasteiger partial charge is 0.385 e. The van der Waals surface area contributed by atoms with Crippen molar-refractivity contribution < 1.29 is 4.39 Å². The van der Waals surface area contributed by atoms with Crippen LogP contribution < -0.4 is 5.32 Å². The van der Waals surface area contributed by atoms with E-state index in [-0.39, 0.29) is 5.82 Å². The first-order valence-electron chi connectivity index (χ1n) is 9.04. The van der Waals surface area contributed by atoms with E-state index in [0.29, 0.717) is 23.7 Å². The smallest absolute Gasteiger partial charge is 0.160 e. The van der Waals surface area contributed by atoms with Gasteiger partial charge in [0.05, 0.1) is 17.1 Å². The molecule has 0 spiro atoms. The summed E-state index contributed by atoms with van der Waals surface area (Å²) < 4.78 is 13.3. The van der Waals surface area contributed by atoms with Gasteiger partial charge < -0.3 is 10.7 Å². The minimum atomic E-state index is -0.302. The number of anilines is 1. The molecule has 0 amide bonds. The second kappa shape index (κ2) is 8.08. The molecule has 4 nitrogen and oxygen atoms in total. The second-order valence-electron chi connectivity index (χ2n) is 6.47. The van der Waals surface area contributed by atoms with E-state index in [0.717, 1.165) is 34.5 Å². The van der Waals surface area contributed by atoms with Crippen LogP contribution in [-0.2, 0) is 0 Å². The zero-order chi connectivity index (χ0) is 19.4. The van der Waals surface area contributed by atoms with Crippen LogP contribution in [0.5, 0.6) is 0 Å². The van der Waals surface area contributed by atoms with Gasteiger partial charge in [0, 0.05) is 18.2 Å². The lowest BCUT2D eigenvalue weighted by atomic mass is 10.0. The number of hydrogen-bond acceptors (Lipinski definition) is 4. The van der Waals surface area contributed by atoms with Crippen LogP contribution in [0, 0.1) is 18.2 Å². The summed E-state index contributed by atoms with van der Waals surface area (Å²) in [5, 5.41) is 11.6. The minimum absolute atomic E-state index is 0.302. The molecule has 5 heteroatoms. The van der Waals surface area contributed by atoms with E-state index >= 15 is 0 Å². The van der Waals surface area contributed by atoms with Crippen LogP contribution in [0.15, 0.2) is 48.5 Å². The molecule has 0 unspecified atom stereocenters. The Morgan fingerprint density at radius 2 is 1.63 bits per heavy atom. The monoisotopic (exact) mass is 362 g/mol. The Morgan fingerprint density at radius 3 is 2.22 bits per heavy atom. The van der Waals surface area contributed by atoms with E-state index in [1.807, 2.05) is 45.2 Å². The number of aromatic nitrogens is 2. The Labute approximate surface area is 159 Å². The number of hydrogen-bond donors (Lipinski definition) is 2. The van der Waals surface area contributed by atoms with E-state index in [9.17, 15) is 4.39 Å². The van der Waals surface area contributed by atoms with Crippen molar-refractivity contribution in [3.05, 3.63) is 65.6 Å². The lowest BCUT2D eigenvalue weighted by Gasteiger charge is -2.16. The highest BCUT2D eigenvalue weighted by Gasteiger charge is 2.18. The van der Waals surface area contributed by atoms with Crippen LogP contribution in [0.1, 0.15) is 31.0 Å². The van der Waals surface area contributed by atoms with Gasteiger partial charge in [0.2, 0.25) is 0 Å². The third-order valence-corrected chi connectivity index (χ3v) is 4.37. The van der Waals surface area contributed by atoms with Gasteiger partial charge in [-0.1, -0.05) is 43.2 Å². The Hall–Kier alpha value is -3.08. The van der Waals surface area contributed by atoms with Crippen LogP contribution in [-0.4, -0.2) is 22.7 Å². The fourth-order valence-corrected chi connectivity index (χ4v) is 2.93. The van der Waals surface area contributed by atoms with Gasteiger partial charge in [-0.05, 0) is 37.6 Å². The predicted octanol–water partition coefficient (Wildman–Crippen LogP) is 5.47. The van der Waals surface area contributed by atoms with E-state index in [1.54, 1.807) is 12.1 Å². The number of halogens is 1. The van der Waals surface area contributed by atoms with Crippen molar-refractivity contribution in [1.29, 1.82) is 5.41 Å². The zero-order valence-electron chi connectivity index (χ0n) is 15.8. The lowest BCUT2D eigenvalue weighted by Crippen LogP contribution is -2.11. The molecule has 0 aliphatic carbocycles. The maximum Gasteiger partial charge on any atom is 0.160 e. The van der Waals surface area contributed by atoms with Gasteiger partial charge in [-0.25, -0.2) is 14.4 Å². The summed E-state index contributed by atoms with van der Waals surface area (Å²) in [5.74, 6) is 0.184.